The predicted octanol–water partition coefficient (Wildman–Crippen LogP) is 1.75. The van der Waals surface area contributed by atoms with Gasteiger partial charge in [0.05, 0.1) is 6.10 Å². The largest absolute Gasteiger partial charge is 0.387 e. The Morgan fingerprint density at radius 3 is 3.08 bits per heavy atom. The molecule has 0 bridgehead atoms. The lowest BCUT2D eigenvalue weighted by atomic mass is 10.1. The highest BCUT2D eigenvalue weighted by Crippen LogP contribution is 2.24. The van der Waals surface area contributed by atoms with Gasteiger partial charge in [0.1, 0.15) is 5.15 Å². The number of pyridine rings is 1. The van der Waals surface area contributed by atoms with Gasteiger partial charge in [-0.2, -0.15) is 0 Å². The summed E-state index contributed by atoms with van der Waals surface area (Å²) in [5.41, 5.74) is 0.745. The number of aromatic nitrogens is 1. The molecule has 13 heavy (non-hydrogen) atoms. The molecule has 1 rings (SSSR count). The van der Waals surface area contributed by atoms with E-state index in [9.17, 15) is 5.11 Å². The molecule has 0 radical (unpaired) electrons. The molecular weight excluding hydrogens is 255 g/mol. The number of likely N-dealkylation sites (N-methyl/N-ethyl adjacent to an activating group) is 1. The van der Waals surface area contributed by atoms with Crippen LogP contribution in [0, 0.1) is 0 Å². The molecule has 72 valence electrons. The van der Waals surface area contributed by atoms with Gasteiger partial charge in [-0.15, -0.1) is 0 Å². The molecule has 0 aromatic carbocycles. The summed E-state index contributed by atoms with van der Waals surface area (Å²) < 4.78 is 0.764. The lowest BCUT2D eigenvalue weighted by Crippen LogP contribution is -2.17. The van der Waals surface area contributed by atoms with Crippen molar-refractivity contribution in [1.29, 1.82) is 0 Å². The van der Waals surface area contributed by atoms with Crippen molar-refractivity contribution in [3.63, 3.8) is 0 Å². The van der Waals surface area contributed by atoms with Gasteiger partial charge in [0.25, 0.3) is 0 Å². The average molecular weight is 266 g/mol. The molecule has 0 aliphatic heterocycles. The Labute approximate surface area is 90.3 Å². The molecule has 0 saturated carbocycles. The third-order valence-electron chi connectivity index (χ3n) is 1.61. The quantitative estimate of drug-likeness (QED) is 0.819. The fraction of sp³-hybridized carbons (Fsp3) is 0.375. The Morgan fingerprint density at radius 1 is 1.77 bits per heavy atom. The van der Waals surface area contributed by atoms with E-state index < -0.39 is 6.10 Å². The van der Waals surface area contributed by atoms with Crippen molar-refractivity contribution in [3.05, 3.63) is 27.5 Å². The second-order valence-electron chi connectivity index (χ2n) is 2.60. The summed E-state index contributed by atoms with van der Waals surface area (Å²) in [6.07, 6.45) is 1.01. The van der Waals surface area contributed by atoms with Crippen LogP contribution in [-0.2, 0) is 0 Å². The highest BCUT2D eigenvalue weighted by atomic mass is 79.9. The fourth-order valence-corrected chi connectivity index (χ4v) is 1.63. The molecule has 2 N–H and O–H groups in total. The van der Waals surface area contributed by atoms with Crippen LogP contribution in [0.15, 0.2) is 16.7 Å². The van der Waals surface area contributed by atoms with Crippen LogP contribution in [0.25, 0.3) is 0 Å². The molecule has 1 atom stereocenters. The van der Waals surface area contributed by atoms with E-state index in [0.29, 0.717) is 11.7 Å². The van der Waals surface area contributed by atoms with E-state index in [2.05, 4.69) is 26.2 Å². The first-order chi connectivity index (χ1) is 6.15. The van der Waals surface area contributed by atoms with Crippen LogP contribution in [0.1, 0.15) is 11.7 Å². The zero-order valence-electron chi connectivity index (χ0n) is 7.09. The number of nitrogens with one attached hydrogen (secondary N) is 1. The predicted molar refractivity (Wildman–Crippen MR) is 55.8 cm³/mol. The van der Waals surface area contributed by atoms with Gasteiger partial charge in [-0.05, 0) is 29.0 Å². The SMILES string of the molecule is CNCC(O)c1cc(Cl)ncc1Br. The zero-order chi connectivity index (χ0) is 9.84. The van der Waals surface area contributed by atoms with E-state index >= 15 is 0 Å². The summed E-state index contributed by atoms with van der Waals surface area (Å²) in [7, 11) is 1.78. The Balaban J connectivity index is 2.91. The van der Waals surface area contributed by atoms with Crippen molar-refractivity contribution in [3.8, 4) is 0 Å². The van der Waals surface area contributed by atoms with Crippen molar-refractivity contribution < 1.29 is 5.11 Å². The molecule has 0 amide bonds. The van der Waals surface area contributed by atoms with Crippen LogP contribution in [0.4, 0.5) is 0 Å². The molecular formula is C8H10BrClN2O. The van der Waals surface area contributed by atoms with Gasteiger partial charge >= 0.3 is 0 Å². The highest BCUT2D eigenvalue weighted by Gasteiger charge is 2.10. The molecule has 3 nitrogen and oxygen atoms in total. The van der Waals surface area contributed by atoms with Gasteiger partial charge in [-0.1, -0.05) is 11.6 Å². The van der Waals surface area contributed by atoms with E-state index in [1.807, 2.05) is 0 Å². The smallest absolute Gasteiger partial charge is 0.129 e. The lowest BCUT2D eigenvalue weighted by molar-refractivity contribution is 0.177. The minimum Gasteiger partial charge on any atom is -0.387 e. The van der Waals surface area contributed by atoms with Crippen molar-refractivity contribution in [2.24, 2.45) is 0 Å². The minimum atomic E-state index is -0.570. The first kappa shape index (κ1) is 10.9. The molecule has 0 aliphatic carbocycles. The summed E-state index contributed by atoms with van der Waals surface area (Å²) >= 11 is 8.99. The van der Waals surface area contributed by atoms with Gasteiger partial charge in [0.15, 0.2) is 0 Å². The monoisotopic (exact) mass is 264 g/mol. The summed E-state index contributed by atoms with van der Waals surface area (Å²) in [6.45, 7) is 0.485. The van der Waals surface area contributed by atoms with Gasteiger partial charge in [-0.25, -0.2) is 4.98 Å². The molecule has 1 aromatic rings. The van der Waals surface area contributed by atoms with Crippen LogP contribution in [0.2, 0.25) is 5.15 Å². The van der Waals surface area contributed by atoms with Crippen LogP contribution < -0.4 is 5.32 Å². The zero-order valence-corrected chi connectivity index (χ0v) is 9.43. The number of aliphatic hydroxyl groups excluding tert-OH is 1. The van der Waals surface area contributed by atoms with Crippen molar-refractivity contribution in [1.82, 2.24) is 10.3 Å². The maximum Gasteiger partial charge on any atom is 0.129 e. The van der Waals surface area contributed by atoms with Gasteiger partial charge in [-0.3, -0.25) is 0 Å². The number of hydrogen-bond acceptors (Lipinski definition) is 3. The maximum absolute atomic E-state index is 9.65. The summed E-state index contributed by atoms with van der Waals surface area (Å²) in [5.74, 6) is 0. The Kier molecular flexibility index (Phi) is 4.12. The molecule has 1 heterocycles. The molecule has 0 aliphatic rings. The second kappa shape index (κ2) is 4.91. The van der Waals surface area contributed by atoms with Gasteiger partial charge in [0, 0.05) is 22.8 Å². The summed E-state index contributed by atoms with van der Waals surface area (Å²) in [4.78, 5) is 3.87. The fourth-order valence-electron chi connectivity index (χ4n) is 0.986. The van der Waals surface area contributed by atoms with Crippen LogP contribution in [-0.4, -0.2) is 23.7 Å². The first-order valence-corrected chi connectivity index (χ1v) is 4.96. The molecule has 1 aromatic heterocycles. The molecule has 1 unspecified atom stereocenters. The summed E-state index contributed by atoms with van der Waals surface area (Å²) in [5, 5.41) is 12.9. The van der Waals surface area contributed by atoms with Crippen molar-refractivity contribution >= 4 is 27.5 Å². The molecule has 0 fully saturated rings. The van der Waals surface area contributed by atoms with Crippen molar-refractivity contribution in [2.45, 2.75) is 6.10 Å². The Morgan fingerprint density at radius 2 is 2.46 bits per heavy atom. The topological polar surface area (TPSA) is 45.1 Å². The number of halogens is 2. The molecule has 0 saturated heterocycles. The second-order valence-corrected chi connectivity index (χ2v) is 3.84. The standard InChI is InChI=1S/C8H10BrClN2O/c1-11-4-7(13)5-2-8(10)12-3-6(5)9/h2-3,7,11,13H,4H2,1H3. The Hall–Kier alpha value is -0.160. The Bertz CT molecular complexity index is 295. The first-order valence-electron chi connectivity index (χ1n) is 3.78. The molecule has 0 spiro atoms. The normalized spacial score (nSPS) is 12.9. The van der Waals surface area contributed by atoms with E-state index in [4.69, 9.17) is 11.6 Å². The van der Waals surface area contributed by atoms with Gasteiger partial charge in [0.2, 0.25) is 0 Å². The summed E-state index contributed by atoms with van der Waals surface area (Å²) in [6, 6.07) is 1.65. The van der Waals surface area contributed by atoms with E-state index in [0.717, 1.165) is 10.0 Å². The minimum absolute atomic E-state index is 0.383. The third-order valence-corrected chi connectivity index (χ3v) is 2.48. The van der Waals surface area contributed by atoms with Crippen LogP contribution in [0.3, 0.4) is 0 Å². The van der Waals surface area contributed by atoms with E-state index in [-0.39, 0.29) is 0 Å². The maximum atomic E-state index is 9.65. The van der Waals surface area contributed by atoms with Gasteiger partial charge < -0.3 is 10.4 Å². The number of hydrogen-bond donors (Lipinski definition) is 2. The number of aliphatic hydroxyl groups is 1. The third kappa shape index (κ3) is 2.91. The lowest BCUT2D eigenvalue weighted by Gasteiger charge is -2.11. The number of nitrogens with zero attached hydrogens (tertiary/aromatic N) is 1. The number of rotatable bonds is 3. The van der Waals surface area contributed by atoms with E-state index in [1.165, 1.54) is 0 Å². The van der Waals surface area contributed by atoms with E-state index in [1.54, 1.807) is 19.3 Å². The van der Waals surface area contributed by atoms with Crippen LogP contribution in [0.5, 0.6) is 0 Å². The van der Waals surface area contributed by atoms with Crippen molar-refractivity contribution in [2.75, 3.05) is 13.6 Å². The average Bonchev–Trinajstić information content (AvgIpc) is 2.09. The highest BCUT2D eigenvalue weighted by molar-refractivity contribution is 9.10. The molecule has 5 heteroatoms. The van der Waals surface area contributed by atoms with Crippen LogP contribution >= 0.6 is 27.5 Å².